The van der Waals surface area contributed by atoms with Gasteiger partial charge >= 0.3 is 6.09 Å². The molecular weight excluding hydrogens is 316 g/mol. The van der Waals surface area contributed by atoms with E-state index in [9.17, 15) is 4.79 Å². The molecule has 4 rings (SSSR count). The van der Waals surface area contributed by atoms with E-state index in [0.29, 0.717) is 31.7 Å². The second kappa shape index (κ2) is 6.78. The minimum absolute atomic E-state index is 0.201. The number of ether oxygens (including phenoxy) is 3. The number of amides is 1. The monoisotopic (exact) mass is 342 g/mol. The summed E-state index contributed by atoms with van der Waals surface area (Å²) in [5, 5.41) is 0.432. The first-order valence-corrected chi connectivity index (χ1v) is 9.92. The van der Waals surface area contributed by atoms with Gasteiger partial charge in [-0.1, -0.05) is 6.42 Å². The lowest BCUT2D eigenvalue weighted by Gasteiger charge is -2.50. The van der Waals surface area contributed by atoms with Gasteiger partial charge in [0.05, 0.1) is 25.1 Å². The lowest BCUT2D eigenvalue weighted by Crippen LogP contribution is -2.66. The van der Waals surface area contributed by atoms with Crippen molar-refractivity contribution in [1.82, 2.24) is 9.80 Å². The van der Waals surface area contributed by atoms with Crippen LogP contribution in [0.3, 0.4) is 0 Å². The average molecular weight is 342 g/mol. The third kappa shape index (κ3) is 2.75. The van der Waals surface area contributed by atoms with E-state index in [4.69, 9.17) is 14.2 Å². The molecular formula is C16H26N2O4S. The van der Waals surface area contributed by atoms with Crippen LogP contribution in [0.4, 0.5) is 4.79 Å². The van der Waals surface area contributed by atoms with Gasteiger partial charge in [-0.15, -0.1) is 11.8 Å². The lowest BCUT2D eigenvalue weighted by atomic mass is 9.93. The van der Waals surface area contributed by atoms with Crippen molar-refractivity contribution in [2.24, 2.45) is 5.92 Å². The van der Waals surface area contributed by atoms with Crippen molar-refractivity contribution in [2.45, 2.75) is 43.3 Å². The van der Waals surface area contributed by atoms with Gasteiger partial charge in [0, 0.05) is 19.1 Å². The van der Waals surface area contributed by atoms with Gasteiger partial charge in [0.1, 0.15) is 6.61 Å². The summed E-state index contributed by atoms with van der Waals surface area (Å²) in [6, 6.07) is 0. The molecule has 7 heteroatoms. The zero-order chi connectivity index (χ0) is 15.7. The fraction of sp³-hybridized carbons (Fsp3) is 0.938. The average Bonchev–Trinajstić information content (AvgIpc) is 3.23. The molecule has 0 aromatic carbocycles. The SMILES string of the molecule is O=C1OCCN1C1(C2CCCOC2)OCCN1C1CCCCS1. The van der Waals surface area contributed by atoms with Crippen LogP contribution in [0.1, 0.15) is 32.1 Å². The highest BCUT2D eigenvalue weighted by molar-refractivity contribution is 7.99. The fourth-order valence-electron chi connectivity index (χ4n) is 4.38. The summed E-state index contributed by atoms with van der Waals surface area (Å²) in [6.07, 6.45) is 5.56. The smallest absolute Gasteiger partial charge is 0.413 e. The van der Waals surface area contributed by atoms with Crippen molar-refractivity contribution in [3.63, 3.8) is 0 Å². The third-order valence-corrected chi connectivity index (χ3v) is 6.80. The summed E-state index contributed by atoms with van der Waals surface area (Å²) in [5.74, 6) is 0.734. The van der Waals surface area contributed by atoms with Crippen LogP contribution in [-0.2, 0) is 14.2 Å². The molecule has 1 amide bonds. The largest absolute Gasteiger partial charge is 0.447 e. The Bertz CT molecular complexity index is 440. The molecule has 23 heavy (non-hydrogen) atoms. The van der Waals surface area contributed by atoms with E-state index in [-0.39, 0.29) is 12.0 Å². The van der Waals surface area contributed by atoms with E-state index < -0.39 is 5.85 Å². The van der Waals surface area contributed by atoms with Gasteiger partial charge in [-0.05, 0) is 31.4 Å². The van der Waals surface area contributed by atoms with E-state index in [1.165, 1.54) is 25.0 Å². The topological polar surface area (TPSA) is 51.2 Å². The van der Waals surface area contributed by atoms with Gasteiger partial charge in [-0.2, -0.15) is 0 Å². The molecule has 4 heterocycles. The molecule has 4 aliphatic rings. The Labute approximate surface area is 141 Å². The number of nitrogens with zero attached hydrogens (tertiary/aromatic N) is 2. The first kappa shape index (κ1) is 16.0. The summed E-state index contributed by atoms with van der Waals surface area (Å²) in [7, 11) is 0. The summed E-state index contributed by atoms with van der Waals surface area (Å²) in [4.78, 5) is 16.7. The lowest BCUT2D eigenvalue weighted by molar-refractivity contribution is -0.229. The Morgan fingerprint density at radius 3 is 2.74 bits per heavy atom. The van der Waals surface area contributed by atoms with Crippen LogP contribution in [0.5, 0.6) is 0 Å². The van der Waals surface area contributed by atoms with Crippen molar-refractivity contribution < 1.29 is 19.0 Å². The maximum Gasteiger partial charge on any atom is 0.413 e. The van der Waals surface area contributed by atoms with Gasteiger partial charge in [-0.3, -0.25) is 4.90 Å². The van der Waals surface area contributed by atoms with Crippen molar-refractivity contribution in [3.8, 4) is 0 Å². The Kier molecular flexibility index (Phi) is 4.72. The van der Waals surface area contributed by atoms with Crippen molar-refractivity contribution >= 4 is 17.9 Å². The molecule has 0 aromatic rings. The predicted octanol–water partition coefficient (Wildman–Crippen LogP) is 2.09. The minimum Gasteiger partial charge on any atom is -0.447 e. The van der Waals surface area contributed by atoms with Gasteiger partial charge in [0.2, 0.25) is 5.85 Å². The van der Waals surface area contributed by atoms with Crippen LogP contribution in [0.2, 0.25) is 0 Å². The number of hydrogen-bond acceptors (Lipinski definition) is 6. The van der Waals surface area contributed by atoms with Gasteiger partial charge < -0.3 is 14.2 Å². The number of thioether (sulfide) groups is 1. The second-order valence-corrected chi connectivity index (χ2v) is 7.99. The minimum atomic E-state index is -0.664. The summed E-state index contributed by atoms with van der Waals surface area (Å²) in [5.41, 5.74) is 0. The standard InChI is InChI=1S/C16H26N2O4S/c19-15-18(6-9-21-15)16(13-4-3-8-20-12-13)17(7-10-22-16)14-5-1-2-11-23-14/h13-14H,1-12H2. The molecule has 4 fully saturated rings. The maximum atomic E-state index is 12.4. The molecule has 6 nitrogen and oxygen atoms in total. The third-order valence-electron chi connectivity index (χ3n) is 5.40. The Morgan fingerprint density at radius 2 is 2.04 bits per heavy atom. The van der Waals surface area contributed by atoms with Gasteiger partial charge in [0.25, 0.3) is 0 Å². The normalized spacial score (nSPS) is 39.7. The first-order chi connectivity index (χ1) is 11.3. The quantitative estimate of drug-likeness (QED) is 0.783. The van der Waals surface area contributed by atoms with Gasteiger partial charge in [0.15, 0.2) is 0 Å². The summed E-state index contributed by atoms with van der Waals surface area (Å²) in [6.45, 7) is 4.12. The maximum absolute atomic E-state index is 12.4. The molecule has 0 radical (unpaired) electrons. The summed E-state index contributed by atoms with van der Waals surface area (Å²) >= 11 is 2.01. The van der Waals surface area contributed by atoms with Crippen LogP contribution in [0.25, 0.3) is 0 Å². The molecule has 3 atom stereocenters. The molecule has 0 saturated carbocycles. The van der Waals surface area contributed by atoms with Gasteiger partial charge in [-0.25, -0.2) is 9.69 Å². The molecule has 3 unspecified atom stereocenters. The van der Waals surface area contributed by atoms with Crippen molar-refractivity contribution in [1.29, 1.82) is 0 Å². The molecule has 0 spiro atoms. The molecule has 130 valence electrons. The van der Waals surface area contributed by atoms with E-state index in [0.717, 1.165) is 26.0 Å². The molecule has 0 aliphatic carbocycles. The number of rotatable bonds is 3. The Morgan fingerprint density at radius 1 is 1.09 bits per heavy atom. The van der Waals surface area contributed by atoms with Crippen LogP contribution in [0, 0.1) is 5.92 Å². The number of carbonyl (C=O) groups excluding carboxylic acids is 1. The number of hydrogen-bond donors (Lipinski definition) is 0. The van der Waals surface area contributed by atoms with E-state index in [2.05, 4.69) is 4.90 Å². The zero-order valence-corrected chi connectivity index (χ0v) is 14.4. The van der Waals surface area contributed by atoms with E-state index >= 15 is 0 Å². The predicted molar refractivity (Wildman–Crippen MR) is 87.1 cm³/mol. The van der Waals surface area contributed by atoms with Crippen molar-refractivity contribution in [2.75, 3.05) is 45.3 Å². The Balaban J connectivity index is 1.66. The van der Waals surface area contributed by atoms with Crippen LogP contribution in [0.15, 0.2) is 0 Å². The molecule has 4 saturated heterocycles. The highest BCUT2D eigenvalue weighted by Gasteiger charge is 2.58. The second-order valence-electron chi connectivity index (χ2n) is 6.70. The van der Waals surface area contributed by atoms with Crippen molar-refractivity contribution in [3.05, 3.63) is 0 Å². The summed E-state index contributed by atoms with van der Waals surface area (Å²) < 4.78 is 17.4. The number of carbonyl (C=O) groups is 1. The van der Waals surface area contributed by atoms with Crippen LogP contribution in [-0.4, -0.2) is 72.4 Å². The molecule has 0 aromatic heterocycles. The highest BCUT2D eigenvalue weighted by Crippen LogP contribution is 2.45. The fourth-order valence-corrected chi connectivity index (χ4v) is 5.80. The highest BCUT2D eigenvalue weighted by atomic mass is 32.2. The zero-order valence-electron chi connectivity index (χ0n) is 13.6. The number of cyclic esters (lactones) is 1. The Hall–Kier alpha value is -0.500. The first-order valence-electron chi connectivity index (χ1n) is 8.87. The van der Waals surface area contributed by atoms with E-state index in [1.807, 2.05) is 16.7 Å². The van der Waals surface area contributed by atoms with Crippen LogP contribution < -0.4 is 0 Å². The molecule has 0 bridgehead atoms. The van der Waals surface area contributed by atoms with Crippen LogP contribution >= 0.6 is 11.8 Å². The van der Waals surface area contributed by atoms with E-state index in [1.54, 1.807) is 0 Å². The molecule has 4 aliphatic heterocycles. The molecule has 0 N–H and O–H groups in total.